The zero-order valence-corrected chi connectivity index (χ0v) is 25.5. The lowest BCUT2D eigenvalue weighted by atomic mass is 9.80. The van der Waals surface area contributed by atoms with Gasteiger partial charge in [0.2, 0.25) is 0 Å². The molecule has 2 bridgehead atoms. The van der Waals surface area contributed by atoms with Gasteiger partial charge < -0.3 is 29.6 Å². The Morgan fingerprint density at radius 2 is 0.907 bits per heavy atom. The van der Waals surface area contributed by atoms with Gasteiger partial charge in [-0.3, -0.25) is 0 Å². The molecule has 2 N–H and O–H groups in total. The second-order valence-corrected chi connectivity index (χ2v) is 13.2. The van der Waals surface area contributed by atoms with Crippen molar-refractivity contribution < 1.29 is 38.1 Å². The standard InChI is InChI=1S/C33H50N2O8/c1-3-30(36)40-18-22-5-9-24(10-6-22)20-42-32(38)34-16-27-13-26-14-28(29(27)15-26)17-35-33(39)43-21-25-11-7-23(8-12-25)19-41-31(37)4-2/h3-4,22-29H,1-2,5-21H2,(H,34,38)(H,35,39). The van der Waals surface area contributed by atoms with E-state index in [2.05, 4.69) is 23.8 Å². The van der Waals surface area contributed by atoms with E-state index in [9.17, 15) is 19.2 Å². The number of esters is 2. The fourth-order valence-corrected chi connectivity index (χ4v) is 7.68. The molecule has 10 heteroatoms. The van der Waals surface area contributed by atoms with Crippen LogP contribution in [0.2, 0.25) is 0 Å². The van der Waals surface area contributed by atoms with Crippen molar-refractivity contribution in [2.24, 2.45) is 47.3 Å². The van der Waals surface area contributed by atoms with Gasteiger partial charge in [0, 0.05) is 25.2 Å². The highest BCUT2D eigenvalue weighted by molar-refractivity contribution is 5.81. The summed E-state index contributed by atoms with van der Waals surface area (Å²) in [5.74, 6) is 2.62. The highest BCUT2D eigenvalue weighted by atomic mass is 16.6. The van der Waals surface area contributed by atoms with E-state index in [4.69, 9.17) is 18.9 Å². The fourth-order valence-electron chi connectivity index (χ4n) is 7.68. The largest absolute Gasteiger partial charge is 0.462 e. The number of fused-ring (bicyclic) bond motifs is 2. The Balaban J connectivity index is 1.04. The van der Waals surface area contributed by atoms with Gasteiger partial charge in [0.25, 0.3) is 0 Å². The van der Waals surface area contributed by atoms with Crippen LogP contribution >= 0.6 is 0 Å². The van der Waals surface area contributed by atoms with Crippen molar-refractivity contribution >= 4 is 24.1 Å². The molecule has 2 amide bonds. The molecular formula is C33H50N2O8. The minimum atomic E-state index is -0.379. The van der Waals surface area contributed by atoms with E-state index in [1.165, 1.54) is 12.2 Å². The number of hydrogen-bond donors (Lipinski definition) is 2. The SMILES string of the molecule is C=CC(=O)OCC1CCC(COC(=O)NCC2CC3CC(CNC(=O)OCC4CCC(COC(=O)C=C)CC4)C2C3)CC1. The van der Waals surface area contributed by atoms with Gasteiger partial charge in [-0.1, -0.05) is 13.2 Å². The van der Waals surface area contributed by atoms with Crippen LogP contribution in [0.5, 0.6) is 0 Å². The molecular weight excluding hydrogens is 552 g/mol. The highest BCUT2D eigenvalue weighted by Gasteiger charge is 2.46. The van der Waals surface area contributed by atoms with Gasteiger partial charge in [0.1, 0.15) is 0 Å². The topological polar surface area (TPSA) is 129 Å². The van der Waals surface area contributed by atoms with Crippen LogP contribution in [0.1, 0.15) is 70.6 Å². The van der Waals surface area contributed by atoms with E-state index in [1.807, 2.05) is 0 Å². The zero-order valence-electron chi connectivity index (χ0n) is 25.5. The van der Waals surface area contributed by atoms with Crippen LogP contribution in [0.4, 0.5) is 9.59 Å². The van der Waals surface area contributed by atoms with Crippen molar-refractivity contribution in [3.63, 3.8) is 0 Å². The normalized spacial score (nSPS) is 31.3. The van der Waals surface area contributed by atoms with Crippen LogP contribution in [-0.4, -0.2) is 63.6 Å². The van der Waals surface area contributed by atoms with Crippen molar-refractivity contribution in [3.8, 4) is 0 Å². The Morgan fingerprint density at radius 1 is 0.558 bits per heavy atom. The van der Waals surface area contributed by atoms with Crippen molar-refractivity contribution in [1.82, 2.24) is 10.6 Å². The number of hydrogen-bond acceptors (Lipinski definition) is 8. The van der Waals surface area contributed by atoms with Gasteiger partial charge in [0.15, 0.2) is 0 Å². The summed E-state index contributed by atoms with van der Waals surface area (Å²) in [6.07, 6.45) is 12.8. The van der Waals surface area contributed by atoms with Gasteiger partial charge in [-0.25, -0.2) is 19.2 Å². The molecule has 0 heterocycles. The third-order valence-corrected chi connectivity index (χ3v) is 10.2. The predicted octanol–water partition coefficient (Wildman–Crippen LogP) is 5.17. The third kappa shape index (κ3) is 10.6. The first-order chi connectivity index (χ1) is 20.8. The van der Waals surface area contributed by atoms with Crippen LogP contribution < -0.4 is 10.6 Å². The molecule has 0 aromatic carbocycles. The van der Waals surface area contributed by atoms with Crippen LogP contribution in [0.25, 0.3) is 0 Å². The molecule has 4 aliphatic carbocycles. The molecule has 2 unspecified atom stereocenters. The summed E-state index contributed by atoms with van der Waals surface area (Å²) in [6.45, 7) is 9.75. The molecule has 2 atom stereocenters. The van der Waals surface area contributed by atoms with Crippen molar-refractivity contribution in [2.45, 2.75) is 70.6 Å². The number of alkyl carbamates (subject to hydrolysis) is 2. The first-order valence-electron chi connectivity index (χ1n) is 16.2. The van der Waals surface area contributed by atoms with Crippen molar-refractivity contribution in [3.05, 3.63) is 25.3 Å². The fraction of sp³-hybridized carbons (Fsp3) is 0.758. The maximum absolute atomic E-state index is 12.4. The molecule has 4 rings (SSSR count). The summed E-state index contributed by atoms with van der Waals surface area (Å²) in [5, 5.41) is 5.98. The van der Waals surface area contributed by atoms with E-state index >= 15 is 0 Å². The zero-order chi connectivity index (χ0) is 30.6. The average molecular weight is 603 g/mol. The van der Waals surface area contributed by atoms with Crippen molar-refractivity contribution in [1.29, 1.82) is 0 Å². The highest BCUT2D eigenvalue weighted by Crippen LogP contribution is 2.51. The molecule has 4 aliphatic rings. The maximum atomic E-state index is 12.4. The molecule has 0 aliphatic heterocycles. The first kappa shape index (κ1) is 32.9. The van der Waals surface area contributed by atoms with Crippen molar-refractivity contribution in [2.75, 3.05) is 39.5 Å². The lowest BCUT2D eigenvalue weighted by Crippen LogP contribution is -2.39. The Bertz CT molecular complexity index is 896. The molecule has 0 radical (unpaired) electrons. The Morgan fingerprint density at radius 3 is 1.23 bits per heavy atom. The Kier molecular flexibility index (Phi) is 12.8. The van der Waals surface area contributed by atoms with Gasteiger partial charge in [-0.05, 0) is 118 Å². The molecule has 0 saturated heterocycles. The number of carbonyl (C=O) groups excluding carboxylic acids is 4. The number of ether oxygens (including phenoxy) is 4. The van der Waals surface area contributed by atoms with E-state index in [-0.39, 0.29) is 24.1 Å². The monoisotopic (exact) mass is 602 g/mol. The van der Waals surface area contributed by atoms with E-state index < -0.39 is 0 Å². The molecule has 240 valence electrons. The molecule has 43 heavy (non-hydrogen) atoms. The number of amides is 2. The van der Waals surface area contributed by atoms with Gasteiger partial charge >= 0.3 is 24.1 Å². The number of carbonyl (C=O) groups is 4. The average Bonchev–Trinajstić information content (AvgIpc) is 3.63. The van der Waals surface area contributed by atoms with Crippen LogP contribution in [-0.2, 0) is 28.5 Å². The lowest BCUT2D eigenvalue weighted by Gasteiger charge is -2.30. The van der Waals surface area contributed by atoms with E-state index in [0.717, 1.165) is 70.6 Å². The van der Waals surface area contributed by atoms with Gasteiger partial charge in [-0.2, -0.15) is 0 Å². The summed E-state index contributed by atoms with van der Waals surface area (Å²) in [4.78, 5) is 47.3. The third-order valence-electron chi connectivity index (χ3n) is 10.2. The van der Waals surface area contributed by atoms with E-state index in [0.29, 0.717) is 86.9 Å². The summed E-state index contributed by atoms with van der Waals surface area (Å²) in [5.41, 5.74) is 0. The van der Waals surface area contributed by atoms with Crippen LogP contribution in [0, 0.1) is 47.3 Å². The quantitative estimate of drug-likeness (QED) is 0.158. The smallest absolute Gasteiger partial charge is 0.407 e. The second-order valence-electron chi connectivity index (χ2n) is 13.2. The summed E-state index contributed by atoms with van der Waals surface area (Å²) < 4.78 is 21.4. The molecule has 0 aromatic rings. The first-order valence-corrected chi connectivity index (χ1v) is 16.2. The Labute approximate surface area is 255 Å². The summed E-state index contributed by atoms with van der Waals surface area (Å²) >= 11 is 0. The predicted molar refractivity (Wildman–Crippen MR) is 160 cm³/mol. The molecule has 0 spiro atoms. The van der Waals surface area contributed by atoms with Gasteiger partial charge in [0.05, 0.1) is 26.4 Å². The molecule has 4 saturated carbocycles. The van der Waals surface area contributed by atoms with Crippen LogP contribution in [0.15, 0.2) is 25.3 Å². The number of rotatable bonds is 14. The second kappa shape index (κ2) is 16.7. The molecule has 10 nitrogen and oxygen atoms in total. The summed E-state index contributed by atoms with van der Waals surface area (Å²) in [7, 11) is 0. The minimum absolute atomic E-state index is 0.346. The Hall–Kier alpha value is -3.04. The lowest BCUT2D eigenvalue weighted by molar-refractivity contribution is -0.140. The molecule has 0 aromatic heterocycles. The van der Waals surface area contributed by atoms with Gasteiger partial charge in [-0.15, -0.1) is 0 Å². The summed E-state index contributed by atoms with van der Waals surface area (Å²) in [6, 6.07) is 0. The number of nitrogens with one attached hydrogen (secondary N) is 2. The maximum Gasteiger partial charge on any atom is 0.407 e. The minimum Gasteiger partial charge on any atom is -0.462 e. The molecule has 4 fully saturated rings. The van der Waals surface area contributed by atoms with E-state index in [1.54, 1.807) is 0 Å². The van der Waals surface area contributed by atoms with Crippen LogP contribution in [0.3, 0.4) is 0 Å².